The normalized spacial score (nSPS) is 17.0. The highest BCUT2D eigenvalue weighted by Gasteiger charge is 2.42. The van der Waals surface area contributed by atoms with Crippen LogP contribution in [0, 0.1) is 5.41 Å². The number of rotatable bonds is 5. The van der Waals surface area contributed by atoms with Gasteiger partial charge in [0.25, 0.3) is 0 Å². The Morgan fingerprint density at radius 1 is 1.33 bits per heavy atom. The molecule has 18 heavy (non-hydrogen) atoms. The van der Waals surface area contributed by atoms with Gasteiger partial charge in [-0.3, -0.25) is 0 Å². The molecule has 1 heterocycles. The Kier molecular flexibility index (Phi) is 2.78. The second-order valence-electron chi connectivity index (χ2n) is 5.61. The van der Waals surface area contributed by atoms with Crippen LogP contribution >= 0.6 is 0 Å². The third-order valence-electron chi connectivity index (χ3n) is 4.06. The summed E-state index contributed by atoms with van der Waals surface area (Å²) in [5, 5.41) is 4.64. The second kappa shape index (κ2) is 4.32. The largest absolute Gasteiger partial charge is 0.372 e. The summed E-state index contributed by atoms with van der Waals surface area (Å²) < 4.78 is 0. The van der Waals surface area contributed by atoms with Gasteiger partial charge >= 0.3 is 0 Å². The molecule has 1 aromatic carbocycles. The monoisotopic (exact) mass is 243 g/mol. The number of aromatic nitrogens is 1. The Hall–Kier alpha value is -1.48. The van der Waals surface area contributed by atoms with Crippen molar-refractivity contribution in [1.82, 2.24) is 10.3 Å². The van der Waals surface area contributed by atoms with Crippen molar-refractivity contribution >= 4 is 16.6 Å². The summed E-state index contributed by atoms with van der Waals surface area (Å²) in [5.74, 6) is 0. The zero-order chi connectivity index (χ0) is 12.6. The fourth-order valence-electron chi connectivity index (χ4n) is 2.90. The number of nitrogens with one attached hydrogen (secondary N) is 2. The van der Waals surface area contributed by atoms with E-state index in [1.165, 1.54) is 29.4 Å². The number of hydrogen-bond donors (Lipinski definition) is 2. The zero-order valence-corrected chi connectivity index (χ0v) is 11.2. The highest BCUT2D eigenvalue weighted by molar-refractivity contribution is 5.92. The van der Waals surface area contributed by atoms with Gasteiger partial charge in [0, 0.05) is 42.7 Å². The summed E-state index contributed by atoms with van der Waals surface area (Å²) in [6.07, 6.45) is 4.82. The molecule has 1 aromatic heterocycles. The van der Waals surface area contributed by atoms with E-state index >= 15 is 0 Å². The molecule has 2 aromatic rings. The van der Waals surface area contributed by atoms with Gasteiger partial charge < -0.3 is 15.2 Å². The molecule has 96 valence electrons. The van der Waals surface area contributed by atoms with E-state index in [2.05, 4.69) is 52.7 Å². The van der Waals surface area contributed by atoms with Crippen LogP contribution in [0.15, 0.2) is 30.5 Å². The second-order valence-corrected chi connectivity index (χ2v) is 5.61. The number of nitrogens with zero attached hydrogens (tertiary/aromatic N) is 1. The molecule has 1 fully saturated rings. The average molecular weight is 243 g/mol. The summed E-state index contributed by atoms with van der Waals surface area (Å²) in [6, 6.07) is 8.50. The number of H-pyrrole nitrogens is 1. The molecule has 0 atom stereocenters. The minimum Gasteiger partial charge on any atom is -0.372 e. The molecular weight excluding hydrogens is 222 g/mol. The molecule has 0 amide bonds. The minimum absolute atomic E-state index is 0.502. The van der Waals surface area contributed by atoms with Crippen LogP contribution in [0.4, 0.5) is 5.69 Å². The fraction of sp³-hybridized carbons (Fsp3) is 0.467. The lowest BCUT2D eigenvalue weighted by Crippen LogP contribution is -2.32. The van der Waals surface area contributed by atoms with Crippen LogP contribution in [-0.2, 0) is 0 Å². The van der Waals surface area contributed by atoms with Crippen molar-refractivity contribution in [2.75, 3.05) is 32.1 Å². The molecule has 3 rings (SSSR count). The Balaban J connectivity index is 1.82. The van der Waals surface area contributed by atoms with E-state index < -0.39 is 0 Å². The van der Waals surface area contributed by atoms with E-state index in [0.717, 1.165) is 13.1 Å². The Morgan fingerprint density at radius 2 is 2.11 bits per heavy atom. The number of fused-ring (bicyclic) bond motifs is 1. The van der Waals surface area contributed by atoms with Gasteiger partial charge in [0.15, 0.2) is 0 Å². The van der Waals surface area contributed by atoms with Crippen molar-refractivity contribution in [2.45, 2.75) is 12.8 Å². The summed E-state index contributed by atoms with van der Waals surface area (Å²) in [6.45, 7) is 2.26. The van der Waals surface area contributed by atoms with E-state index in [-0.39, 0.29) is 0 Å². The first-order valence-corrected chi connectivity index (χ1v) is 6.66. The van der Waals surface area contributed by atoms with E-state index in [0.29, 0.717) is 5.41 Å². The first-order chi connectivity index (χ1) is 8.74. The van der Waals surface area contributed by atoms with Gasteiger partial charge in [-0.05, 0) is 26.0 Å². The molecule has 3 heteroatoms. The third-order valence-corrected chi connectivity index (χ3v) is 4.06. The van der Waals surface area contributed by atoms with E-state index in [4.69, 9.17) is 0 Å². The van der Waals surface area contributed by atoms with Gasteiger partial charge in [0.2, 0.25) is 0 Å². The SMILES string of the molecule is CNCC1(CN(C)c2c[nH]c3ccccc23)CC1. The number of benzene rings is 1. The molecule has 0 bridgehead atoms. The topological polar surface area (TPSA) is 31.1 Å². The van der Waals surface area contributed by atoms with Crippen LogP contribution < -0.4 is 10.2 Å². The van der Waals surface area contributed by atoms with Crippen molar-refractivity contribution in [3.05, 3.63) is 30.5 Å². The van der Waals surface area contributed by atoms with Crippen LogP contribution in [-0.4, -0.2) is 32.2 Å². The van der Waals surface area contributed by atoms with Gasteiger partial charge in [0.05, 0.1) is 5.69 Å². The number of para-hydroxylation sites is 1. The molecule has 0 aliphatic heterocycles. The maximum Gasteiger partial charge on any atom is 0.0621 e. The van der Waals surface area contributed by atoms with Gasteiger partial charge in [-0.15, -0.1) is 0 Å². The predicted molar refractivity (Wildman–Crippen MR) is 77.2 cm³/mol. The summed E-state index contributed by atoms with van der Waals surface area (Å²) in [7, 11) is 4.25. The van der Waals surface area contributed by atoms with Crippen molar-refractivity contribution < 1.29 is 0 Å². The zero-order valence-electron chi connectivity index (χ0n) is 11.2. The highest BCUT2D eigenvalue weighted by Crippen LogP contribution is 2.46. The highest BCUT2D eigenvalue weighted by atomic mass is 15.1. The molecule has 0 spiro atoms. The quantitative estimate of drug-likeness (QED) is 0.845. The number of aromatic amines is 1. The molecule has 1 aliphatic rings. The molecule has 0 unspecified atom stereocenters. The lowest BCUT2D eigenvalue weighted by molar-refractivity contribution is 0.483. The average Bonchev–Trinajstić information content (AvgIpc) is 2.98. The fourth-order valence-corrected chi connectivity index (χ4v) is 2.90. The Bertz CT molecular complexity index is 539. The molecule has 2 N–H and O–H groups in total. The lowest BCUT2D eigenvalue weighted by atomic mass is 10.1. The molecular formula is C15H21N3. The smallest absolute Gasteiger partial charge is 0.0621 e. The third kappa shape index (κ3) is 1.99. The van der Waals surface area contributed by atoms with Gasteiger partial charge in [-0.1, -0.05) is 18.2 Å². The maximum atomic E-state index is 3.35. The summed E-state index contributed by atoms with van der Waals surface area (Å²) >= 11 is 0. The van der Waals surface area contributed by atoms with Crippen molar-refractivity contribution in [3.63, 3.8) is 0 Å². The van der Waals surface area contributed by atoms with Crippen LogP contribution in [0.25, 0.3) is 10.9 Å². The standard InChI is InChI=1S/C15H21N3/c1-16-10-15(7-8-15)11-18(2)14-9-17-13-6-4-3-5-12(13)14/h3-6,9,16-17H,7-8,10-11H2,1-2H3. The number of anilines is 1. The van der Waals surface area contributed by atoms with E-state index in [1.807, 2.05) is 7.05 Å². The predicted octanol–water partition coefficient (Wildman–Crippen LogP) is 2.60. The summed E-state index contributed by atoms with van der Waals surface area (Å²) in [4.78, 5) is 5.74. The Morgan fingerprint density at radius 3 is 2.83 bits per heavy atom. The molecule has 0 saturated heterocycles. The number of hydrogen-bond acceptors (Lipinski definition) is 2. The molecule has 0 radical (unpaired) electrons. The molecule has 3 nitrogen and oxygen atoms in total. The van der Waals surface area contributed by atoms with Crippen molar-refractivity contribution in [2.24, 2.45) is 5.41 Å². The maximum absolute atomic E-state index is 3.35. The van der Waals surface area contributed by atoms with Gasteiger partial charge in [0.1, 0.15) is 0 Å². The van der Waals surface area contributed by atoms with Gasteiger partial charge in [-0.2, -0.15) is 0 Å². The molecule has 1 saturated carbocycles. The van der Waals surface area contributed by atoms with Crippen LogP contribution in [0.2, 0.25) is 0 Å². The lowest BCUT2D eigenvalue weighted by Gasteiger charge is -2.25. The van der Waals surface area contributed by atoms with Crippen molar-refractivity contribution in [1.29, 1.82) is 0 Å². The van der Waals surface area contributed by atoms with Gasteiger partial charge in [-0.25, -0.2) is 0 Å². The summed E-state index contributed by atoms with van der Waals surface area (Å²) in [5.41, 5.74) is 3.03. The molecule has 1 aliphatic carbocycles. The minimum atomic E-state index is 0.502. The van der Waals surface area contributed by atoms with Crippen LogP contribution in [0.1, 0.15) is 12.8 Å². The van der Waals surface area contributed by atoms with Crippen molar-refractivity contribution in [3.8, 4) is 0 Å². The first kappa shape index (κ1) is 11.6. The first-order valence-electron chi connectivity index (χ1n) is 6.66. The Labute approximate surface area is 108 Å². The van der Waals surface area contributed by atoms with Crippen LogP contribution in [0.5, 0.6) is 0 Å². The van der Waals surface area contributed by atoms with E-state index in [1.54, 1.807) is 0 Å². The van der Waals surface area contributed by atoms with E-state index in [9.17, 15) is 0 Å². The van der Waals surface area contributed by atoms with Crippen LogP contribution in [0.3, 0.4) is 0 Å².